The van der Waals surface area contributed by atoms with Gasteiger partial charge in [-0.2, -0.15) is 0 Å². The Hall–Kier alpha value is -3.41. The van der Waals surface area contributed by atoms with Gasteiger partial charge in [0.25, 0.3) is 0 Å². The number of sulfonamides is 1. The molecule has 6 rings (SSSR count). The van der Waals surface area contributed by atoms with Gasteiger partial charge >= 0.3 is 0 Å². The predicted molar refractivity (Wildman–Crippen MR) is 137 cm³/mol. The lowest BCUT2D eigenvalue weighted by molar-refractivity contribution is 0.425. The van der Waals surface area contributed by atoms with E-state index in [4.69, 9.17) is 0 Å². The van der Waals surface area contributed by atoms with Crippen molar-refractivity contribution in [2.45, 2.75) is 29.8 Å². The van der Waals surface area contributed by atoms with E-state index in [9.17, 15) is 8.42 Å². The van der Waals surface area contributed by atoms with Crippen molar-refractivity contribution in [1.29, 1.82) is 0 Å². The zero-order chi connectivity index (χ0) is 23.1. The second-order valence-corrected chi connectivity index (χ2v) is 10.9. The summed E-state index contributed by atoms with van der Waals surface area (Å²) in [5.41, 5.74) is 4.26. The Morgan fingerprint density at radius 2 is 1.65 bits per heavy atom. The van der Waals surface area contributed by atoms with Gasteiger partial charge in [-0.3, -0.25) is 0 Å². The van der Waals surface area contributed by atoms with E-state index < -0.39 is 10.0 Å². The maximum atomic E-state index is 13.0. The topological polar surface area (TPSA) is 58.2 Å². The van der Waals surface area contributed by atoms with Crippen molar-refractivity contribution in [2.75, 3.05) is 5.32 Å². The summed E-state index contributed by atoms with van der Waals surface area (Å²) in [4.78, 5) is 0.312. The number of nitrogens with one attached hydrogen (secondary N) is 2. The lowest BCUT2D eigenvalue weighted by Crippen LogP contribution is -2.30. The summed E-state index contributed by atoms with van der Waals surface area (Å²) in [6.07, 6.45) is 5.44. The van der Waals surface area contributed by atoms with Crippen molar-refractivity contribution in [3.05, 3.63) is 120 Å². The van der Waals surface area contributed by atoms with Crippen LogP contribution in [0.2, 0.25) is 0 Å². The summed E-state index contributed by atoms with van der Waals surface area (Å²) in [6.45, 7) is 0.272. The standard InChI is InChI=1S/C29H26N2O2S/c32-34(33,30-19-20-7-2-1-3-8-20)24-15-16-28-27(18-24)25-11-6-12-26(25)29(31-28)23-14-13-21-9-4-5-10-22(21)17-23/h1-11,13-18,25-26,29-31H,12,19H2. The first kappa shape index (κ1) is 21.1. The van der Waals surface area contributed by atoms with E-state index in [0.717, 1.165) is 23.2 Å². The molecule has 170 valence electrons. The van der Waals surface area contributed by atoms with Crippen LogP contribution in [0.1, 0.15) is 35.1 Å². The summed E-state index contributed by atoms with van der Waals surface area (Å²) in [6, 6.07) is 30.3. The fraction of sp³-hybridized carbons (Fsp3) is 0.172. The van der Waals surface area contributed by atoms with Gasteiger partial charge in [0.1, 0.15) is 0 Å². The maximum absolute atomic E-state index is 13.0. The number of anilines is 1. The van der Waals surface area contributed by atoms with Crippen LogP contribution in [0.25, 0.3) is 10.8 Å². The van der Waals surface area contributed by atoms with Gasteiger partial charge in [0, 0.05) is 18.2 Å². The average molecular weight is 467 g/mol. The molecule has 0 saturated heterocycles. The fourth-order valence-electron chi connectivity index (χ4n) is 5.33. The number of allylic oxidation sites excluding steroid dienone is 2. The molecule has 5 heteroatoms. The van der Waals surface area contributed by atoms with Crippen LogP contribution in [0.4, 0.5) is 5.69 Å². The zero-order valence-electron chi connectivity index (χ0n) is 18.7. The summed E-state index contributed by atoms with van der Waals surface area (Å²) >= 11 is 0. The van der Waals surface area contributed by atoms with Crippen molar-refractivity contribution in [3.63, 3.8) is 0 Å². The molecule has 1 heterocycles. The van der Waals surface area contributed by atoms with Gasteiger partial charge in [-0.15, -0.1) is 0 Å². The molecule has 1 aliphatic carbocycles. The first-order chi connectivity index (χ1) is 16.6. The molecule has 4 nitrogen and oxygen atoms in total. The van der Waals surface area contributed by atoms with Crippen LogP contribution in [-0.2, 0) is 16.6 Å². The molecule has 1 aliphatic heterocycles. The van der Waals surface area contributed by atoms with Gasteiger partial charge in [-0.1, -0.05) is 78.9 Å². The summed E-state index contributed by atoms with van der Waals surface area (Å²) in [5, 5.41) is 6.21. The fourth-order valence-corrected chi connectivity index (χ4v) is 6.38. The first-order valence-electron chi connectivity index (χ1n) is 11.7. The van der Waals surface area contributed by atoms with E-state index in [1.807, 2.05) is 42.5 Å². The van der Waals surface area contributed by atoms with Crippen LogP contribution in [0.3, 0.4) is 0 Å². The third kappa shape index (κ3) is 3.81. The normalized spacial score (nSPS) is 21.1. The van der Waals surface area contributed by atoms with Gasteiger partial charge in [0.05, 0.1) is 10.9 Å². The van der Waals surface area contributed by atoms with Crippen LogP contribution in [0.15, 0.2) is 108 Å². The Kier molecular flexibility index (Phi) is 5.24. The molecule has 0 aromatic heterocycles. The van der Waals surface area contributed by atoms with Gasteiger partial charge in [-0.25, -0.2) is 13.1 Å². The lowest BCUT2D eigenvalue weighted by Gasteiger charge is -2.37. The molecule has 3 unspecified atom stereocenters. The molecule has 2 N–H and O–H groups in total. The molecule has 0 amide bonds. The summed E-state index contributed by atoms with van der Waals surface area (Å²) in [7, 11) is -3.61. The Morgan fingerprint density at radius 3 is 2.50 bits per heavy atom. The molecule has 0 fully saturated rings. The monoisotopic (exact) mass is 466 g/mol. The molecule has 4 aromatic rings. The zero-order valence-corrected chi connectivity index (χ0v) is 19.5. The maximum Gasteiger partial charge on any atom is 0.240 e. The SMILES string of the molecule is O=S(=O)(NCc1ccccc1)c1ccc2c(c1)C1C=CCC1C(c1ccc3ccccc3c1)N2. The number of hydrogen-bond acceptors (Lipinski definition) is 3. The molecule has 0 bridgehead atoms. The lowest BCUT2D eigenvalue weighted by atomic mass is 9.77. The van der Waals surface area contributed by atoms with Crippen LogP contribution in [-0.4, -0.2) is 8.42 Å². The molecule has 34 heavy (non-hydrogen) atoms. The van der Waals surface area contributed by atoms with E-state index in [1.165, 1.54) is 16.3 Å². The number of hydrogen-bond donors (Lipinski definition) is 2. The first-order valence-corrected chi connectivity index (χ1v) is 13.2. The molecular weight excluding hydrogens is 440 g/mol. The van der Waals surface area contributed by atoms with E-state index in [0.29, 0.717) is 10.8 Å². The van der Waals surface area contributed by atoms with E-state index in [1.54, 1.807) is 6.07 Å². The molecule has 0 radical (unpaired) electrons. The third-order valence-corrected chi connectivity index (χ3v) is 8.49. The highest BCUT2D eigenvalue weighted by atomic mass is 32.2. The Morgan fingerprint density at radius 1 is 0.853 bits per heavy atom. The molecule has 0 spiro atoms. The van der Waals surface area contributed by atoms with Crippen molar-refractivity contribution < 1.29 is 8.42 Å². The van der Waals surface area contributed by atoms with Gasteiger partial charge < -0.3 is 5.32 Å². The van der Waals surface area contributed by atoms with Crippen LogP contribution in [0, 0.1) is 5.92 Å². The molecule has 3 atom stereocenters. The number of benzene rings is 4. The van der Waals surface area contributed by atoms with Gasteiger partial charge in [-0.05, 0) is 64.1 Å². The van der Waals surface area contributed by atoms with Crippen molar-refractivity contribution in [2.24, 2.45) is 5.92 Å². The van der Waals surface area contributed by atoms with E-state index in [-0.39, 0.29) is 18.5 Å². The molecule has 2 aliphatic rings. The van der Waals surface area contributed by atoms with E-state index in [2.05, 4.69) is 64.7 Å². The van der Waals surface area contributed by atoms with Crippen LogP contribution >= 0.6 is 0 Å². The predicted octanol–water partition coefficient (Wildman–Crippen LogP) is 6.14. The van der Waals surface area contributed by atoms with E-state index >= 15 is 0 Å². The quantitative estimate of drug-likeness (QED) is 0.347. The van der Waals surface area contributed by atoms with Crippen molar-refractivity contribution >= 4 is 26.5 Å². The highest BCUT2D eigenvalue weighted by Gasteiger charge is 2.38. The number of fused-ring (bicyclic) bond motifs is 4. The average Bonchev–Trinajstić information content (AvgIpc) is 3.37. The Balaban J connectivity index is 1.31. The molecule has 4 aromatic carbocycles. The molecule has 0 saturated carbocycles. The summed E-state index contributed by atoms with van der Waals surface area (Å²) in [5.74, 6) is 0.542. The van der Waals surface area contributed by atoms with Crippen molar-refractivity contribution in [3.8, 4) is 0 Å². The highest BCUT2D eigenvalue weighted by molar-refractivity contribution is 7.89. The van der Waals surface area contributed by atoms with Gasteiger partial charge in [0.15, 0.2) is 0 Å². The second kappa shape index (κ2) is 8.42. The van der Waals surface area contributed by atoms with Crippen LogP contribution < -0.4 is 10.0 Å². The summed E-state index contributed by atoms with van der Waals surface area (Å²) < 4.78 is 28.8. The second-order valence-electron chi connectivity index (χ2n) is 9.14. The Labute approximate surface area is 200 Å². The molecular formula is C29H26N2O2S. The van der Waals surface area contributed by atoms with Crippen molar-refractivity contribution in [1.82, 2.24) is 4.72 Å². The number of rotatable bonds is 5. The third-order valence-electron chi connectivity index (χ3n) is 7.09. The highest BCUT2D eigenvalue weighted by Crippen LogP contribution is 2.50. The largest absolute Gasteiger partial charge is 0.378 e. The smallest absolute Gasteiger partial charge is 0.240 e. The minimum absolute atomic E-state index is 0.177. The minimum Gasteiger partial charge on any atom is -0.378 e. The van der Waals surface area contributed by atoms with Crippen LogP contribution in [0.5, 0.6) is 0 Å². The van der Waals surface area contributed by atoms with Gasteiger partial charge in [0.2, 0.25) is 10.0 Å². The Bertz CT molecular complexity index is 1500. The minimum atomic E-state index is -3.61.